The quantitative estimate of drug-likeness (QED) is 0.349. The van der Waals surface area contributed by atoms with Crippen LogP contribution in [0.2, 0.25) is 10.0 Å². The number of carbonyl (C=O) groups is 2. The number of nitrogens with zero attached hydrogens (tertiary/aromatic N) is 1. The Balaban J connectivity index is 1.40. The van der Waals surface area contributed by atoms with Crippen molar-refractivity contribution in [3.63, 3.8) is 0 Å². The number of halogens is 2. The Kier molecular flexibility index (Phi) is 8.39. The van der Waals surface area contributed by atoms with Crippen molar-refractivity contribution in [3.8, 4) is 0 Å². The van der Waals surface area contributed by atoms with Crippen LogP contribution in [-0.2, 0) is 14.8 Å². The fourth-order valence-electron chi connectivity index (χ4n) is 4.36. The van der Waals surface area contributed by atoms with Gasteiger partial charge in [0.25, 0.3) is 5.91 Å². The minimum atomic E-state index is -3.67. The smallest absolute Gasteiger partial charge is 0.251 e. The first-order valence-corrected chi connectivity index (χ1v) is 13.9. The molecule has 3 aromatic carbocycles. The van der Waals surface area contributed by atoms with Gasteiger partial charge in [-0.05, 0) is 53.6 Å². The molecule has 3 aromatic rings. The molecule has 37 heavy (non-hydrogen) atoms. The molecule has 0 radical (unpaired) electrons. The summed E-state index contributed by atoms with van der Waals surface area (Å²) in [5.74, 6) is -1.32. The third kappa shape index (κ3) is 7.23. The van der Waals surface area contributed by atoms with Crippen LogP contribution in [0.4, 0.5) is 5.69 Å². The highest BCUT2D eigenvalue weighted by Crippen LogP contribution is 2.35. The van der Waals surface area contributed by atoms with E-state index in [0.29, 0.717) is 23.1 Å². The number of amides is 2. The maximum Gasteiger partial charge on any atom is 0.251 e. The van der Waals surface area contributed by atoms with Crippen molar-refractivity contribution in [1.82, 2.24) is 10.2 Å². The maximum atomic E-state index is 12.9. The second-order valence-corrected chi connectivity index (χ2v) is 11.6. The Morgan fingerprint density at radius 2 is 1.51 bits per heavy atom. The van der Waals surface area contributed by atoms with Crippen LogP contribution in [0.25, 0.3) is 0 Å². The average molecular weight is 561 g/mol. The number of anilines is 1. The highest BCUT2D eigenvalue weighted by atomic mass is 35.5. The second-order valence-electron chi connectivity index (χ2n) is 8.94. The first-order chi connectivity index (χ1) is 17.6. The molecule has 0 spiro atoms. The van der Waals surface area contributed by atoms with E-state index in [4.69, 9.17) is 28.9 Å². The van der Waals surface area contributed by atoms with Gasteiger partial charge >= 0.3 is 0 Å². The Labute approximate surface area is 225 Å². The van der Waals surface area contributed by atoms with Crippen LogP contribution in [0.15, 0.2) is 72.8 Å². The molecule has 194 valence electrons. The zero-order chi connectivity index (χ0) is 26.6. The van der Waals surface area contributed by atoms with E-state index < -0.39 is 21.8 Å². The molecule has 8 nitrogen and oxygen atoms in total. The predicted octanol–water partition coefficient (Wildman–Crippen LogP) is 3.67. The molecule has 4 N–H and O–H groups in total. The molecule has 1 fully saturated rings. The number of hydrogen-bond acceptors (Lipinski definition) is 5. The number of hydrogen-bond donors (Lipinski definition) is 3. The van der Waals surface area contributed by atoms with Gasteiger partial charge in [0.05, 0.1) is 18.3 Å². The van der Waals surface area contributed by atoms with Crippen LogP contribution in [0.5, 0.6) is 0 Å². The van der Waals surface area contributed by atoms with Gasteiger partial charge in [0.1, 0.15) is 0 Å². The zero-order valence-electron chi connectivity index (χ0n) is 19.7. The Bertz CT molecular complexity index is 1330. The lowest BCUT2D eigenvalue weighted by Crippen LogP contribution is -2.51. The van der Waals surface area contributed by atoms with Crippen LogP contribution in [0.3, 0.4) is 0 Å². The standard InChI is InChI=1S/C26H26Cl2N4O4S/c27-21-8-4-18(5-9-21)25(19-6-10-22(28)11-7-19)32-14-17(15-32)16-37(35,36)31-23-3-1-2-20(12-23)26(34)30-13-24(29)33/h1-12,17,25,31H,13-16H2,(H2,29,33)(H,30,34). The molecule has 0 bridgehead atoms. The Morgan fingerprint density at radius 3 is 2.05 bits per heavy atom. The number of primary amides is 1. The topological polar surface area (TPSA) is 122 Å². The van der Waals surface area contributed by atoms with E-state index in [-0.39, 0.29) is 35.5 Å². The monoisotopic (exact) mass is 560 g/mol. The van der Waals surface area contributed by atoms with Gasteiger partial charge in [-0.15, -0.1) is 0 Å². The molecular weight excluding hydrogens is 535 g/mol. The van der Waals surface area contributed by atoms with Gasteiger partial charge in [0.15, 0.2) is 0 Å². The summed E-state index contributed by atoms with van der Waals surface area (Å²) >= 11 is 12.2. The fourth-order valence-corrected chi connectivity index (χ4v) is 6.01. The first kappa shape index (κ1) is 26.9. The molecular formula is C26H26Cl2N4O4S. The van der Waals surface area contributed by atoms with Crippen molar-refractivity contribution in [1.29, 1.82) is 0 Å². The van der Waals surface area contributed by atoms with Crippen molar-refractivity contribution in [2.75, 3.05) is 30.1 Å². The van der Waals surface area contributed by atoms with Gasteiger partial charge in [-0.1, -0.05) is 53.5 Å². The highest BCUT2D eigenvalue weighted by molar-refractivity contribution is 7.92. The second kappa shape index (κ2) is 11.5. The van der Waals surface area contributed by atoms with Crippen LogP contribution < -0.4 is 15.8 Å². The maximum absolute atomic E-state index is 12.9. The lowest BCUT2D eigenvalue weighted by molar-refractivity contribution is -0.117. The zero-order valence-corrected chi connectivity index (χ0v) is 22.1. The molecule has 1 aliphatic heterocycles. The molecule has 1 aliphatic rings. The van der Waals surface area contributed by atoms with E-state index in [9.17, 15) is 18.0 Å². The van der Waals surface area contributed by atoms with Crippen molar-refractivity contribution < 1.29 is 18.0 Å². The summed E-state index contributed by atoms with van der Waals surface area (Å²) < 4.78 is 28.3. The third-order valence-corrected chi connectivity index (χ3v) is 7.96. The molecule has 0 aromatic heterocycles. The van der Waals surface area contributed by atoms with Crippen LogP contribution in [-0.4, -0.2) is 50.5 Å². The average Bonchev–Trinajstić information content (AvgIpc) is 2.83. The molecule has 0 atom stereocenters. The van der Waals surface area contributed by atoms with E-state index in [1.54, 1.807) is 12.1 Å². The Hall–Kier alpha value is -3.11. The first-order valence-electron chi connectivity index (χ1n) is 11.5. The number of sulfonamides is 1. The van der Waals surface area contributed by atoms with Crippen LogP contribution in [0.1, 0.15) is 27.5 Å². The summed E-state index contributed by atoms with van der Waals surface area (Å²) in [5.41, 5.74) is 7.63. The molecule has 0 unspecified atom stereocenters. The van der Waals surface area contributed by atoms with Gasteiger partial charge in [-0.3, -0.25) is 19.2 Å². The molecule has 0 aliphatic carbocycles. The summed E-state index contributed by atoms with van der Waals surface area (Å²) in [6.07, 6.45) is 0. The van der Waals surface area contributed by atoms with Crippen LogP contribution >= 0.6 is 23.2 Å². The number of benzene rings is 3. The number of carbonyl (C=O) groups excluding carboxylic acids is 2. The minimum absolute atomic E-state index is 0.0583. The largest absolute Gasteiger partial charge is 0.368 e. The minimum Gasteiger partial charge on any atom is -0.368 e. The summed E-state index contributed by atoms with van der Waals surface area (Å²) in [7, 11) is -3.67. The summed E-state index contributed by atoms with van der Waals surface area (Å²) in [6.45, 7) is 0.874. The normalized spacial score (nSPS) is 14.2. The van der Waals surface area contributed by atoms with Crippen molar-refractivity contribution >= 4 is 50.7 Å². The summed E-state index contributed by atoms with van der Waals surface area (Å²) in [6, 6.07) is 21.3. The van der Waals surface area contributed by atoms with Gasteiger partial charge < -0.3 is 11.1 Å². The van der Waals surface area contributed by atoms with E-state index in [2.05, 4.69) is 14.9 Å². The highest BCUT2D eigenvalue weighted by Gasteiger charge is 2.36. The lowest BCUT2D eigenvalue weighted by atomic mass is 9.91. The molecule has 4 rings (SSSR count). The van der Waals surface area contributed by atoms with Crippen molar-refractivity contribution in [3.05, 3.63) is 99.5 Å². The van der Waals surface area contributed by atoms with Crippen LogP contribution in [0, 0.1) is 5.92 Å². The SMILES string of the molecule is NC(=O)CNC(=O)c1cccc(NS(=O)(=O)CC2CN(C(c3ccc(Cl)cc3)c3ccc(Cl)cc3)C2)c1. The van der Waals surface area contributed by atoms with Gasteiger partial charge in [-0.2, -0.15) is 0 Å². The van der Waals surface area contributed by atoms with E-state index in [1.165, 1.54) is 12.1 Å². The molecule has 1 saturated heterocycles. The third-order valence-electron chi connectivity index (χ3n) is 6.00. The lowest BCUT2D eigenvalue weighted by Gasteiger charge is -2.44. The van der Waals surface area contributed by atoms with Crippen molar-refractivity contribution in [2.45, 2.75) is 6.04 Å². The number of nitrogens with two attached hydrogens (primary N) is 1. The summed E-state index contributed by atoms with van der Waals surface area (Å²) in [4.78, 5) is 25.3. The van der Waals surface area contributed by atoms with Gasteiger partial charge in [0, 0.05) is 40.3 Å². The molecule has 11 heteroatoms. The molecule has 2 amide bonds. The number of nitrogens with one attached hydrogen (secondary N) is 2. The molecule has 1 heterocycles. The van der Waals surface area contributed by atoms with E-state index in [0.717, 1.165) is 11.1 Å². The van der Waals surface area contributed by atoms with Gasteiger partial charge in [0.2, 0.25) is 15.9 Å². The van der Waals surface area contributed by atoms with E-state index in [1.807, 2.05) is 48.5 Å². The van der Waals surface area contributed by atoms with Crippen molar-refractivity contribution in [2.24, 2.45) is 11.7 Å². The van der Waals surface area contributed by atoms with E-state index >= 15 is 0 Å². The Morgan fingerprint density at radius 1 is 0.946 bits per heavy atom. The predicted molar refractivity (Wildman–Crippen MR) is 145 cm³/mol. The van der Waals surface area contributed by atoms with Gasteiger partial charge in [-0.25, -0.2) is 8.42 Å². The molecule has 0 saturated carbocycles. The number of rotatable bonds is 10. The number of likely N-dealkylation sites (tertiary alicyclic amines) is 1. The fraction of sp³-hybridized carbons (Fsp3) is 0.231. The summed E-state index contributed by atoms with van der Waals surface area (Å²) in [5, 5.41) is 3.67.